The Morgan fingerprint density at radius 3 is 2.38 bits per heavy atom. The number of rotatable bonds is 2. The highest BCUT2D eigenvalue weighted by molar-refractivity contribution is 5.08. The summed E-state index contributed by atoms with van der Waals surface area (Å²) in [5.41, 5.74) is 1.36. The molecule has 2 heteroatoms. The van der Waals surface area contributed by atoms with E-state index in [1.54, 1.807) is 0 Å². The van der Waals surface area contributed by atoms with Gasteiger partial charge in [-0.2, -0.15) is 5.10 Å². The molecular formula is C14H22N2. The van der Waals surface area contributed by atoms with Crippen LogP contribution >= 0.6 is 0 Å². The van der Waals surface area contributed by atoms with Crippen LogP contribution in [0, 0.1) is 0 Å². The van der Waals surface area contributed by atoms with Crippen molar-refractivity contribution in [2.45, 2.75) is 69.7 Å². The van der Waals surface area contributed by atoms with Crippen molar-refractivity contribution in [3.05, 3.63) is 18.0 Å². The number of aromatic nitrogens is 2. The zero-order valence-electron chi connectivity index (χ0n) is 10.1. The molecule has 0 spiro atoms. The number of nitrogens with zero attached hydrogens (tertiary/aromatic N) is 2. The Morgan fingerprint density at radius 1 is 0.938 bits per heavy atom. The second-order valence-electron chi connectivity index (χ2n) is 5.49. The Morgan fingerprint density at radius 2 is 1.62 bits per heavy atom. The van der Waals surface area contributed by atoms with E-state index < -0.39 is 0 Å². The second-order valence-corrected chi connectivity index (χ2v) is 5.49. The first-order valence-corrected chi connectivity index (χ1v) is 6.98. The molecule has 2 aliphatic carbocycles. The molecule has 0 aliphatic heterocycles. The van der Waals surface area contributed by atoms with Crippen LogP contribution in [-0.4, -0.2) is 9.78 Å². The molecule has 2 saturated carbocycles. The van der Waals surface area contributed by atoms with Gasteiger partial charge in [0.1, 0.15) is 0 Å². The van der Waals surface area contributed by atoms with Gasteiger partial charge in [-0.1, -0.05) is 32.1 Å². The summed E-state index contributed by atoms with van der Waals surface area (Å²) in [4.78, 5) is 0. The molecule has 0 atom stereocenters. The summed E-state index contributed by atoms with van der Waals surface area (Å²) in [5.74, 6) is 0.768. The van der Waals surface area contributed by atoms with Crippen LogP contribution in [0.1, 0.15) is 75.4 Å². The Balaban J connectivity index is 1.71. The summed E-state index contributed by atoms with van der Waals surface area (Å²) >= 11 is 0. The highest BCUT2D eigenvalue weighted by Crippen LogP contribution is 2.34. The normalized spacial score (nSPS) is 24.0. The predicted octanol–water partition coefficient (Wildman–Crippen LogP) is 4.05. The topological polar surface area (TPSA) is 17.8 Å². The summed E-state index contributed by atoms with van der Waals surface area (Å²) in [6, 6.07) is 2.97. The van der Waals surface area contributed by atoms with Crippen molar-refractivity contribution in [3.63, 3.8) is 0 Å². The quantitative estimate of drug-likeness (QED) is 0.732. The summed E-state index contributed by atoms with van der Waals surface area (Å²) in [7, 11) is 0. The van der Waals surface area contributed by atoms with Gasteiger partial charge in [-0.15, -0.1) is 0 Å². The Hall–Kier alpha value is -0.790. The van der Waals surface area contributed by atoms with Gasteiger partial charge in [0.15, 0.2) is 0 Å². The van der Waals surface area contributed by atoms with Crippen LogP contribution in [0.2, 0.25) is 0 Å². The van der Waals surface area contributed by atoms with Crippen LogP contribution in [-0.2, 0) is 0 Å². The monoisotopic (exact) mass is 218 g/mol. The van der Waals surface area contributed by atoms with Gasteiger partial charge >= 0.3 is 0 Å². The van der Waals surface area contributed by atoms with Crippen molar-refractivity contribution in [2.75, 3.05) is 0 Å². The Labute approximate surface area is 98.0 Å². The lowest BCUT2D eigenvalue weighted by Gasteiger charge is -2.22. The standard InChI is InChI=1S/C14H22N2/c1-2-8-13(9-3-1)16-11-10-14(15-16)12-6-4-5-7-12/h10-13H,1-9H2. The van der Waals surface area contributed by atoms with Gasteiger partial charge in [-0.3, -0.25) is 4.68 Å². The fourth-order valence-electron chi connectivity index (χ4n) is 3.34. The molecule has 2 aliphatic rings. The highest BCUT2D eigenvalue weighted by atomic mass is 15.3. The maximum atomic E-state index is 4.83. The van der Waals surface area contributed by atoms with Gasteiger partial charge in [-0.05, 0) is 31.7 Å². The molecule has 1 heterocycles. The first-order valence-electron chi connectivity index (χ1n) is 6.98. The predicted molar refractivity (Wildman–Crippen MR) is 65.6 cm³/mol. The molecule has 3 rings (SSSR count). The maximum absolute atomic E-state index is 4.83. The maximum Gasteiger partial charge on any atom is 0.0655 e. The summed E-state index contributed by atoms with van der Waals surface area (Å²) < 4.78 is 2.26. The van der Waals surface area contributed by atoms with E-state index in [2.05, 4.69) is 16.9 Å². The molecule has 0 bridgehead atoms. The lowest BCUT2D eigenvalue weighted by Crippen LogP contribution is -2.13. The average Bonchev–Trinajstić information content (AvgIpc) is 3.01. The average molecular weight is 218 g/mol. The van der Waals surface area contributed by atoms with Crippen molar-refractivity contribution in [1.82, 2.24) is 9.78 Å². The molecule has 0 aromatic carbocycles. The smallest absolute Gasteiger partial charge is 0.0655 e. The van der Waals surface area contributed by atoms with E-state index in [4.69, 9.17) is 5.10 Å². The van der Waals surface area contributed by atoms with Crippen LogP contribution in [0.15, 0.2) is 12.3 Å². The van der Waals surface area contributed by atoms with E-state index >= 15 is 0 Å². The molecular weight excluding hydrogens is 196 g/mol. The summed E-state index contributed by atoms with van der Waals surface area (Å²) in [6.07, 6.45) is 14.6. The van der Waals surface area contributed by atoms with E-state index in [-0.39, 0.29) is 0 Å². The fraction of sp³-hybridized carbons (Fsp3) is 0.786. The number of hydrogen-bond acceptors (Lipinski definition) is 1. The lowest BCUT2D eigenvalue weighted by atomic mass is 9.96. The van der Waals surface area contributed by atoms with Gasteiger partial charge in [0.05, 0.1) is 11.7 Å². The van der Waals surface area contributed by atoms with Gasteiger partial charge in [0, 0.05) is 12.1 Å². The Kier molecular flexibility index (Phi) is 2.98. The van der Waals surface area contributed by atoms with E-state index in [1.807, 2.05) is 0 Å². The third-order valence-corrected chi connectivity index (χ3v) is 4.35. The van der Waals surface area contributed by atoms with E-state index in [0.29, 0.717) is 6.04 Å². The van der Waals surface area contributed by atoms with Crippen molar-refractivity contribution in [1.29, 1.82) is 0 Å². The van der Waals surface area contributed by atoms with E-state index in [1.165, 1.54) is 63.5 Å². The first kappa shape index (κ1) is 10.4. The third kappa shape index (κ3) is 2.02. The van der Waals surface area contributed by atoms with Gasteiger partial charge in [0.25, 0.3) is 0 Å². The minimum atomic E-state index is 0.698. The van der Waals surface area contributed by atoms with Crippen LogP contribution in [0.4, 0.5) is 0 Å². The van der Waals surface area contributed by atoms with Crippen LogP contribution in [0.5, 0.6) is 0 Å². The van der Waals surface area contributed by atoms with Crippen molar-refractivity contribution < 1.29 is 0 Å². The molecule has 0 N–H and O–H groups in total. The summed E-state index contributed by atoms with van der Waals surface area (Å²) in [5, 5.41) is 4.83. The summed E-state index contributed by atoms with van der Waals surface area (Å²) in [6.45, 7) is 0. The molecule has 88 valence electrons. The molecule has 0 radical (unpaired) electrons. The minimum absolute atomic E-state index is 0.698. The SMILES string of the molecule is c1cn(C2CCCCC2)nc1C1CCCC1. The molecule has 1 aromatic heterocycles. The van der Waals surface area contributed by atoms with Crippen LogP contribution in [0.25, 0.3) is 0 Å². The van der Waals surface area contributed by atoms with Crippen LogP contribution < -0.4 is 0 Å². The molecule has 2 fully saturated rings. The minimum Gasteiger partial charge on any atom is -0.269 e. The van der Waals surface area contributed by atoms with Gasteiger partial charge < -0.3 is 0 Å². The first-order chi connectivity index (χ1) is 7.93. The molecule has 16 heavy (non-hydrogen) atoms. The van der Waals surface area contributed by atoms with E-state index in [9.17, 15) is 0 Å². The molecule has 0 amide bonds. The van der Waals surface area contributed by atoms with Gasteiger partial charge in [-0.25, -0.2) is 0 Å². The van der Waals surface area contributed by atoms with Crippen molar-refractivity contribution in [2.24, 2.45) is 0 Å². The largest absolute Gasteiger partial charge is 0.269 e. The fourth-order valence-corrected chi connectivity index (χ4v) is 3.34. The zero-order valence-corrected chi connectivity index (χ0v) is 10.1. The van der Waals surface area contributed by atoms with Gasteiger partial charge in [0.2, 0.25) is 0 Å². The highest BCUT2D eigenvalue weighted by Gasteiger charge is 2.21. The van der Waals surface area contributed by atoms with Crippen LogP contribution in [0.3, 0.4) is 0 Å². The molecule has 2 nitrogen and oxygen atoms in total. The lowest BCUT2D eigenvalue weighted by molar-refractivity contribution is 0.327. The van der Waals surface area contributed by atoms with Crippen molar-refractivity contribution >= 4 is 0 Å². The third-order valence-electron chi connectivity index (χ3n) is 4.35. The molecule has 1 aromatic rings. The van der Waals surface area contributed by atoms with Crippen molar-refractivity contribution in [3.8, 4) is 0 Å². The number of hydrogen-bond donors (Lipinski definition) is 0. The molecule has 0 saturated heterocycles. The zero-order chi connectivity index (χ0) is 10.8. The Bertz CT molecular complexity index is 330. The molecule has 0 unspecified atom stereocenters. The van der Waals surface area contributed by atoms with E-state index in [0.717, 1.165) is 5.92 Å². The second kappa shape index (κ2) is 4.60.